The SMILES string of the molecule is Cc1nccnc1C(O)C(=O)O. The lowest BCUT2D eigenvalue weighted by atomic mass is 10.2. The standard InChI is InChI=1S/C7H8N2O3/c1-4-5(6(10)7(11)12)9-3-2-8-4/h2-3,6,10H,1H3,(H,11,12). The molecule has 1 aromatic heterocycles. The first-order valence-corrected chi connectivity index (χ1v) is 3.31. The van der Waals surface area contributed by atoms with Crippen molar-refractivity contribution in [3.63, 3.8) is 0 Å². The lowest BCUT2D eigenvalue weighted by Crippen LogP contribution is -2.14. The van der Waals surface area contributed by atoms with Crippen LogP contribution in [-0.4, -0.2) is 26.2 Å². The number of nitrogens with zero attached hydrogens (tertiary/aromatic N) is 2. The van der Waals surface area contributed by atoms with Crippen LogP contribution in [0.4, 0.5) is 0 Å². The molecule has 0 amide bonds. The highest BCUT2D eigenvalue weighted by molar-refractivity contribution is 5.73. The molecule has 1 aromatic rings. The number of hydrogen-bond acceptors (Lipinski definition) is 4. The summed E-state index contributed by atoms with van der Waals surface area (Å²) in [5, 5.41) is 17.5. The largest absolute Gasteiger partial charge is 0.479 e. The zero-order chi connectivity index (χ0) is 9.14. The van der Waals surface area contributed by atoms with Crippen LogP contribution in [0.1, 0.15) is 17.5 Å². The van der Waals surface area contributed by atoms with E-state index in [1.165, 1.54) is 12.4 Å². The Morgan fingerprint density at radius 1 is 1.50 bits per heavy atom. The first-order valence-electron chi connectivity index (χ1n) is 3.31. The van der Waals surface area contributed by atoms with Crippen LogP contribution in [0.15, 0.2) is 12.4 Å². The van der Waals surface area contributed by atoms with Gasteiger partial charge in [-0.2, -0.15) is 0 Å². The highest BCUT2D eigenvalue weighted by Gasteiger charge is 2.19. The first kappa shape index (κ1) is 8.61. The molecule has 64 valence electrons. The molecule has 0 bridgehead atoms. The van der Waals surface area contributed by atoms with Gasteiger partial charge < -0.3 is 10.2 Å². The topological polar surface area (TPSA) is 83.3 Å². The summed E-state index contributed by atoms with van der Waals surface area (Å²) in [6.45, 7) is 1.59. The lowest BCUT2D eigenvalue weighted by Gasteiger charge is -2.05. The smallest absolute Gasteiger partial charge is 0.338 e. The van der Waals surface area contributed by atoms with Gasteiger partial charge in [-0.3, -0.25) is 9.97 Å². The summed E-state index contributed by atoms with van der Waals surface area (Å²) in [6.07, 6.45) is 1.20. The van der Waals surface area contributed by atoms with Crippen molar-refractivity contribution in [3.8, 4) is 0 Å². The number of aliphatic hydroxyl groups is 1. The maximum atomic E-state index is 10.3. The summed E-state index contributed by atoms with van der Waals surface area (Å²) >= 11 is 0. The summed E-state index contributed by atoms with van der Waals surface area (Å²) in [5.41, 5.74) is 0.511. The third-order valence-corrected chi connectivity index (χ3v) is 1.41. The molecular weight excluding hydrogens is 160 g/mol. The van der Waals surface area contributed by atoms with Gasteiger partial charge in [-0.15, -0.1) is 0 Å². The third-order valence-electron chi connectivity index (χ3n) is 1.41. The van der Waals surface area contributed by atoms with Crippen molar-refractivity contribution in [2.45, 2.75) is 13.0 Å². The zero-order valence-electron chi connectivity index (χ0n) is 6.43. The molecule has 0 aliphatic heterocycles. The maximum absolute atomic E-state index is 10.3. The molecule has 0 saturated heterocycles. The molecule has 0 saturated carbocycles. The maximum Gasteiger partial charge on any atom is 0.338 e. The quantitative estimate of drug-likeness (QED) is 0.644. The lowest BCUT2D eigenvalue weighted by molar-refractivity contribution is -0.147. The van der Waals surface area contributed by atoms with Gasteiger partial charge in [0.05, 0.1) is 5.69 Å². The van der Waals surface area contributed by atoms with E-state index >= 15 is 0 Å². The van der Waals surface area contributed by atoms with E-state index in [1.54, 1.807) is 6.92 Å². The predicted molar refractivity (Wildman–Crippen MR) is 39.4 cm³/mol. The van der Waals surface area contributed by atoms with Crippen LogP contribution >= 0.6 is 0 Å². The number of aliphatic carboxylic acids is 1. The van der Waals surface area contributed by atoms with Gasteiger partial charge in [-0.05, 0) is 6.92 Å². The van der Waals surface area contributed by atoms with Crippen molar-refractivity contribution in [2.24, 2.45) is 0 Å². The Balaban J connectivity index is 3.02. The number of carboxylic acid groups (broad SMARTS) is 1. The van der Waals surface area contributed by atoms with E-state index in [-0.39, 0.29) is 5.69 Å². The molecule has 0 aliphatic rings. The molecule has 0 fully saturated rings. The number of rotatable bonds is 2. The monoisotopic (exact) mass is 168 g/mol. The average molecular weight is 168 g/mol. The van der Waals surface area contributed by atoms with E-state index < -0.39 is 12.1 Å². The highest BCUT2D eigenvalue weighted by atomic mass is 16.4. The Kier molecular flexibility index (Phi) is 2.35. The van der Waals surface area contributed by atoms with Crippen LogP contribution in [0.2, 0.25) is 0 Å². The van der Waals surface area contributed by atoms with E-state index in [1.807, 2.05) is 0 Å². The van der Waals surface area contributed by atoms with Gasteiger partial charge in [0.15, 0.2) is 6.10 Å². The van der Waals surface area contributed by atoms with E-state index in [0.717, 1.165) is 0 Å². The highest BCUT2D eigenvalue weighted by Crippen LogP contribution is 2.11. The van der Waals surface area contributed by atoms with Crippen LogP contribution in [0.3, 0.4) is 0 Å². The molecule has 1 unspecified atom stereocenters. The fraction of sp³-hybridized carbons (Fsp3) is 0.286. The Hall–Kier alpha value is -1.49. The fourth-order valence-electron chi connectivity index (χ4n) is 0.804. The summed E-state index contributed by atoms with van der Waals surface area (Å²) in [4.78, 5) is 17.8. The minimum absolute atomic E-state index is 0.0880. The van der Waals surface area contributed by atoms with Gasteiger partial charge in [-0.25, -0.2) is 4.79 Å². The Morgan fingerprint density at radius 3 is 2.58 bits per heavy atom. The molecule has 0 aromatic carbocycles. The summed E-state index contributed by atoms with van der Waals surface area (Å²) in [7, 11) is 0. The second-order valence-corrected chi connectivity index (χ2v) is 2.27. The van der Waals surface area contributed by atoms with Crippen molar-refractivity contribution < 1.29 is 15.0 Å². The minimum atomic E-state index is -1.58. The zero-order valence-corrected chi connectivity index (χ0v) is 6.43. The van der Waals surface area contributed by atoms with Crippen LogP contribution in [0.5, 0.6) is 0 Å². The molecule has 1 atom stereocenters. The van der Waals surface area contributed by atoms with E-state index in [4.69, 9.17) is 10.2 Å². The fourth-order valence-corrected chi connectivity index (χ4v) is 0.804. The van der Waals surface area contributed by atoms with Crippen molar-refractivity contribution in [1.82, 2.24) is 9.97 Å². The van der Waals surface area contributed by atoms with Crippen LogP contribution in [-0.2, 0) is 4.79 Å². The molecule has 2 N–H and O–H groups in total. The Labute approximate surface area is 68.7 Å². The molecule has 1 heterocycles. The molecular formula is C7H8N2O3. The number of carboxylic acids is 1. The van der Waals surface area contributed by atoms with Gasteiger partial charge >= 0.3 is 5.97 Å². The molecule has 5 nitrogen and oxygen atoms in total. The molecule has 5 heteroatoms. The Bertz CT molecular complexity index is 300. The van der Waals surface area contributed by atoms with E-state index in [0.29, 0.717) is 5.69 Å². The van der Waals surface area contributed by atoms with Crippen molar-refractivity contribution in [3.05, 3.63) is 23.8 Å². The average Bonchev–Trinajstić information content (AvgIpc) is 2.04. The van der Waals surface area contributed by atoms with Gasteiger partial charge in [0, 0.05) is 12.4 Å². The first-order chi connectivity index (χ1) is 5.63. The third kappa shape index (κ3) is 1.57. The number of aromatic nitrogens is 2. The van der Waals surface area contributed by atoms with Crippen LogP contribution in [0.25, 0.3) is 0 Å². The minimum Gasteiger partial charge on any atom is -0.479 e. The molecule has 1 rings (SSSR count). The Morgan fingerprint density at radius 2 is 2.08 bits per heavy atom. The van der Waals surface area contributed by atoms with E-state index in [9.17, 15) is 4.79 Å². The van der Waals surface area contributed by atoms with Gasteiger partial charge in [-0.1, -0.05) is 0 Å². The van der Waals surface area contributed by atoms with Gasteiger partial charge in [0.1, 0.15) is 5.69 Å². The number of hydrogen-bond donors (Lipinski definition) is 2. The van der Waals surface area contributed by atoms with Crippen molar-refractivity contribution in [1.29, 1.82) is 0 Å². The second-order valence-electron chi connectivity index (χ2n) is 2.27. The second kappa shape index (κ2) is 3.27. The molecule has 0 spiro atoms. The molecule has 12 heavy (non-hydrogen) atoms. The van der Waals surface area contributed by atoms with Gasteiger partial charge in [0.2, 0.25) is 0 Å². The summed E-state index contributed by atoms with van der Waals surface area (Å²) in [6, 6.07) is 0. The van der Waals surface area contributed by atoms with Gasteiger partial charge in [0.25, 0.3) is 0 Å². The summed E-state index contributed by atoms with van der Waals surface area (Å²) in [5.74, 6) is -1.32. The predicted octanol–water partition coefficient (Wildman–Crippen LogP) is -0.0970. The number of aryl methyl sites for hydroxylation is 1. The molecule has 0 aliphatic carbocycles. The molecule has 0 radical (unpaired) electrons. The van der Waals surface area contributed by atoms with Crippen molar-refractivity contribution in [2.75, 3.05) is 0 Å². The van der Waals surface area contributed by atoms with E-state index in [2.05, 4.69) is 9.97 Å². The van der Waals surface area contributed by atoms with Crippen LogP contribution in [0, 0.1) is 6.92 Å². The normalized spacial score (nSPS) is 12.5. The van der Waals surface area contributed by atoms with Crippen molar-refractivity contribution >= 4 is 5.97 Å². The number of aliphatic hydroxyl groups excluding tert-OH is 1. The number of carbonyl (C=O) groups is 1. The summed E-state index contributed by atoms with van der Waals surface area (Å²) < 4.78 is 0. The van der Waals surface area contributed by atoms with Crippen LogP contribution < -0.4 is 0 Å².